The van der Waals surface area contributed by atoms with Gasteiger partial charge < -0.3 is 4.57 Å². The maximum atomic E-state index is 6.02. The Balaban J connectivity index is 1.84. The Bertz CT molecular complexity index is 977. The largest absolute Gasteiger partial charge is 0.308 e. The van der Waals surface area contributed by atoms with Crippen molar-refractivity contribution >= 4 is 33.7 Å². The molecule has 0 spiro atoms. The van der Waals surface area contributed by atoms with Crippen molar-refractivity contribution in [2.45, 2.75) is 13.0 Å². The molecule has 0 radical (unpaired) electrons. The monoisotopic (exact) mass is 308 g/mol. The molecule has 0 aliphatic heterocycles. The van der Waals surface area contributed by atoms with Gasteiger partial charge >= 0.3 is 0 Å². The van der Waals surface area contributed by atoms with Crippen LogP contribution in [-0.2, 0) is 0 Å². The Hall–Kier alpha value is -2.46. The van der Waals surface area contributed by atoms with E-state index < -0.39 is 0 Å². The van der Waals surface area contributed by atoms with E-state index in [-0.39, 0.29) is 6.04 Å². The number of fused-ring (bicyclic) bond motifs is 2. The second-order valence-corrected chi connectivity index (χ2v) is 5.65. The van der Waals surface area contributed by atoms with E-state index in [1.807, 2.05) is 29.1 Å². The number of hydrogen-bond acceptors (Lipinski definition) is 3. The molecule has 4 nitrogen and oxygen atoms in total. The van der Waals surface area contributed by atoms with Gasteiger partial charge in [0.2, 0.25) is 0 Å². The number of aromatic nitrogens is 4. The van der Waals surface area contributed by atoms with Crippen LogP contribution in [0.1, 0.15) is 18.5 Å². The summed E-state index contributed by atoms with van der Waals surface area (Å²) in [5, 5.41) is 1.60. The predicted molar refractivity (Wildman–Crippen MR) is 88.1 cm³/mol. The van der Waals surface area contributed by atoms with Crippen LogP contribution in [-0.4, -0.2) is 19.5 Å². The summed E-state index contributed by atoms with van der Waals surface area (Å²) in [5.41, 5.74) is 3.82. The molecule has 3 heterocycles. The van der Waals surface area contributed by atoms with Gasteiger partial charge in [-0.05, 0) is 42.8 Å². The molecular formula is C17H13ClN4. The molecule has 4 rings (SSSR count). The van der Waals surface area contributed by atoms with Crippen molar-refractivity contribution < 1.29 is 0 Å². The van der Waals surface area contributed by atoms with Crippen LogP contribution >= 0.6 is 11.6 Å². The molecule has 0 saturated carbocycles. The molecule has 1 atom stereocenters. The van der Waals surface area contributed by atoms with Gasteiger partial charge in [0.25, 0.3) is 0 Å². The summed E-state index contributed by atoms with van der Waals surface area (Å²) in [6.45, 7) is 2.13. The van der Waals surface area contributed by atoms with Crippen LogP contribution < -0.4 is 0 Å². The lowest BCUT2D eigenvalue weighted by Gasteiger charge is -2.15. The van der Waals surface area contributed by atoms with Crippen LogP contribution in [0.4, 0.5) is 0 Å². The lowest BCUT2D eigenvalue weighted by atomic mass is 10.1. The minimum Gasteiger partial charge on any atom is -0.308 e. The maximum Gasteiger partial charge on any atom is 0.162 e. The lowest BCUT2D eigenvalue weighted by Crippen LogP contribution is -2.06. The van der Waals surface area contributed by atoms with Crippen molar-refractivity contribution in [3.8, 4) is 0 Å². The minimum atomic E-state index is 0.112. The van der Waals surface area contributed by atoms with Gasteiger partial charge in [-0.1, -0.05) is 23.7 Å². The molecule has 1 unspecified atom stereocenters. The van der Waals surface area contributed by atoms with Crippen LogP contribution in [0.15, 0.2) is 55.0 Å². The maximum absolute atomic E-state index is 6.02. The summed E-state index contributed by atoms with van der Waals surface area (Å²) in [6, 6.07) is 14.1. The van der Waals surface area contributed by atoms with Crippen molar-refractivity contribution in [2.24, 2.45) is 0 Å². The summed E-state index contributed by atoms with van der Waals surface area (Å²) < 4.78 is 2.04. The Kier molecular flexibility index (Phi) is 3.05. The molecular weight excluding hydrogens is 296 g/mol. The van der Waals surface area contributed by atoms with Gasteiger partial charge in [0, 0.05) is 11.6 Å². The van der Waals surface area contributed by atoms with Crippen LogP contribution in [0.5, 0.6) is 0 Å². The first-order valence-corrected chi connectivity index (χ1v) is 7.44. The summed E-state index contributed by atoms with van der Waals surface area (Å²) in [7, 11) is 0. The van der Waals surface area contributed by atoms with Gasteiger partial charge in [-0.25, -0.2) is 9.97 Å². The Morgan fingerprint density at radius 2 is 1.91 bits per heavy atom. The van der Waals surface area contributed by atoms with Crippen molar-refractivity contribution in [3.05, 3.63) is 65.7 Å². The highest BCUT2D eigenvalue weighted by atomic mass is 35.5. The van der Waals surface area contributed by atoms with Gasteiger partial charge in [-0.2, -0.15) is 0 Å². The Labute approximate surface area is 132 Å². The molecule has 5 heteroatoms. The summed E-state index contributed by atoms with van der Waals surface area (Å²) >= 11 is 6.02. The number of pyridine rings is 2. The van der Waals surface area contributed by atoms with Gasteiger partial charge in [-0.15, -0.1) is 0 Å². The molecule has 0 aliphatic carbocycles. The number of nitrogens with zero attached hydrogens (tertiary/aromatic N) is 4. The van der Waals surface area contributed by atoms with E-state index in [0.717, 1.165) is 22.1 Å². The van der Waals surface area contributed by atoms with E-state index in [9.17, 15) is 0 Å². The molecule has 0 saturated heterocycles. The number of imidazole rings is 1. The molecule has 0 aliphatic rings. The fourth-order valence-electron chi connectivity index (χ4n) is 2.69. The first-order valence-electron chi connectivity index (χ1n) is 7.06. The van der Waals surface area contributed by atoms with Crippen LogP contribution in [0.3, 0.4) is 0 Å². The fraction of sp³-hybridized carbons (Fsp3) is 0.118. The highest BCUT2D eigenvalue weighted by Gasteiger charge is 2.13. The van der Waals surface area contributed by atoms with Gasteiger partial charge in [-0.3, -0.25) is 4.98 Å². The SMILES string of the molecule is CC(c1ccc2ncccc2c1)n1cnc2ccc(Cl)nc21. The normalized spacial score (nSPS) is 12.8. The van der Waals surface area contributed by atoms with Gasteiger partial charge in [0.05, 0.1) is 17.9 Å². The molecule has 1 aromatic carbocycles. The van der Waals surface area contributed by atoms with E-state index in [1.54, 1.807) is 12.3 Å². The standard InChI is InChI=1S/C17H13ClN4/c1-11(12-4-5-14-13(9-12)3-2-8-19-14)22-10-20-15-6-7-16(18)21-17(15)22/h2-11H,1H3. The molecule has 108 valence electrons. The minimum absolute atomic E-state index is 0.112. The van der Waals surface area contributed by atoms with Crippen molar-refractivity contribution in [2.75, 3.05) is 0 Å². The average Bonchev–Trinajstić information content (AvgIpc) is 2.96. The zero-order valence-electron chi connectivity index (χ0n) is 11.9. The van der Waals surface area contributed by atoms with Crippen LogP contribution in [0.2, 0.25) is 5.15 Å². The Morgan fingerprint density at radius 3 is 2.82 bits per heavy atom. The molecule has 4 aromatic rings. The van der Waals surface area contributed by atoms with Crippen molar-refractivity contribution in [1.82, 2.24) is 19.5 Å². The van der Waals surface area contributed by atoms with E-state index in [2.05, 4.69) is 40.1 Å². The van der Waals surface area contributed by atoms with E-state index in [4.69, 9.17) is 11.6 Å². The van der Waals surface area contributed by atoms with E-state index in [1.165, 1.54) is 5.56 Å². The Morgan fingerprint density at radius 1 is 1.05 bits per heavy atom. The van der Waals surface area contributed by atoms with E-state index in [0.29, 0.717) is 5.15 Å². The summed E-state index contributed by atoms with van der Waals surface area (Å²) in [5.74, 6) is 0. The molecule has 0 fully saturated rings. The number of benzene rings is 1. The zero-order valence-corrected chi connectivity index (χ0v) is 12.7. The van der Waals surface area contributed by atoms with Gasteiger partial charge in [0.1, 0.15) is 10.7 Å². The molecule has 3 aromatic heterocycles. The first kappa shape index (κ1) is 13.2. The average molecular weight is 309 g/mol. The molecule has 0 bridgehead atoms. The fourth-order valence-corrected chi connectivity index (χ4v) is 2.83. The first-order chi connectivity index (χ1) is 10.7. The predicted octanol–water partition coefficient (Wildman–Crippen LogP) is 4.24. The van der Waals surface area contributed by atoms with Crippen molar-refractivity contribution in [3.63, 3.8) is 0 Å². The molecule has 0 N–H and O–H groups in total. The third-order valence-corrected chi connectivity index (χ3v) is 4.12. The quantitative estimate of drug-likeness (QED) is 0.520. The van der Waals surface area contributed by atoms with Crippen LogP contribution in [0, 0.1) is 0 Å². The lowest BCUT2D eigenvalue weighted by molar-refractivity contribution is 0.653. The summed E-state index contributed by atoms with van der Waals surface area (Å²) in [4.78, 5) is 13.2. The highest BCUT2D eigenvalue weighted by molar-refractivity contribution is 6.29. The third-order valence-electron chi connectivity index (χ3n) is 3.91. The zero-order chi connectivity index (χ0) is 15.1. The third kappa shape index (κ3) is 2.12. The van der Waals surface area contributed by atoms with Crippen LogP contribution in [0.25, 0.3) is 22.1 Å². The topological polar surface area (TPSA) is 43.6 Å². The summed E-state index contributed by atoms with van der Waals surface area (Å²) in [6.07, 6.45) is 3.62. The van der Waals surface area contributed by atoms with Crippen molar-refractivity contribution in [1.29, 1.82) is 0 Å². The number of rotatable bonds is 2. The second-order valence-electron chi connectivity index (χ2n) is 5.26. The van der Waals surface area contributed by atoms with E-state index >= 15 is 0 Å². The van der Waals surface area contributed by atoms with Gasteiger partial charge in [0.15, 0.2) is 5.65 Å². The number of halogens is 1. The smallest absolute Gasteiger partial charge is 0.162 e. The second kappa shape index (κ2) is 5.07. The molecule has 22 heavy (non-hydrogen) atoms. The highest BCUT2D eigenvalue weighted by Crippen LogP contribution is 2.25. The molecule has 0 amide bonds. The number of hydrogen-bond donors (Lipinski definition) is 0.